The van der Waals surface area contributed by atoms with Gasteiger partial charge in [0, 0.05) is 22.0 Å². The summed E-state index contributed by atoms with van der Waals surface area (Å²) in [4.78, 5) is 11.9. The maximum atomic E-state index is 11.9. The molecule has 6 rings (SSSR count). The number of fused-ring (bicyclic) bond motifs is 5. The highest BCUT2D eigenvalue weighted by Gasteiger charge is 2.30. The summed E-state index contributed by atoms with van der Waals surface area (Å²) in [5.41, 5.74) is 13.2. The summed E-state index contributed by atoms with van der Waals surface area (Å²) in [6.07, 6.45) is 8.20. The van der Waals surface area contributed by atoms with Crippen molar-refractivity contribution in [3.63, 3.8) is 0 Å². The smallest absolute Gasteiger partial charge is 0.335 e. The number of hydrogen-bond donors (Lipinski definition) is 4. The van der Waals surface area contributed by atoms with Gasteiger partial charge in [-0.05, 0) is 48.1 Å². The van der Waals surface area contributed by atoms with E-state index in [2.05, 4.69) is 44.9 Å². The van der Waals surface area contributed by atoms with Crippen molar-refractivity contribution in [2.24, 2.45) is 5.10 Å². The predicted molar refractivity (Wildman–Crippen MR) is 136 cm³/mol. The second-order valence-electron chi connectivity index (χ2n) is 9.52. The number of amidine groups is 1. The lowest BCUT2D eigenvalue weighted by atomic mass is 9.81. The molecule has 0 unspecified atom stereocenters. The zero-order valence-electron chi connectivity index (χ0n) is 19.5. The molecule has 3 aliphatic rings. The van der Waals surface area contributed by atoms with Gasteiger partial charge in [-0.3, -0.25) is 5.43 Å². The van der Waals surface area contributed by atoms with Crippen molar-refractivity contribution >= 4 is 28.8 Å². The average molecular weight is 472 g/mol. The van der Waals surface area contributed by atoms with Crippen LogP contribution in [-0.2, 0) is 6.54 Å². The molecular formula is C27H29N5O3. The molecule has 2 aliphatic heterocycles. The van der Waals surface area contributed by atoms with Crippen LogP contribution in [0, 0.1) is 0 Å². The Hall–Kier alpha value is -3.62. The first-order valence-electron chi connectivity index (χ1n) is 12.3. The molecule has 0 atom stereocenters. The third-order valence-corrected chi connectivity index (χ3v) is 7.39. The van der Waals surface area contributed by atoms with E-state index in [-0.39, 0.29) is 6.61 Å². The molecule has 3 heterocycles. The number of aliphatic hydroxyl groups excluding tert-OH is 1. The molecular weight excluding hydrogens is 442 g/mol. The van der Waals surface area contributed by atoms with Gasteiger partial charge in [0.1, 0.15) is 0 Å². The van der Waals surface area contributed by atoms with E-state index in [1.54, 1.807) is 11.2 Å². The molecule has 0 bridgehead atoms. The fourth-order valence-electron chi connectivity index (χ4n) is 5.79. The molecule has 1 fully saturated rings. The van der Waals surface area contributed by atoms with Gasteiger partial charge >= 0.3 is 5.97 Å². The highest BCUT2D eigenvalue weighted by atomic mass is 16.4. The fraction of sp³-hybridized carbons (Fsp3) is 0.333. The molecule has 0 radical (unpaired) electrons. The van der Waals surface area contributed by atoms with Crippen molar-refractivity contribution in [2.45, 2.75) is 44.6 Å². The first-order valence-corrected chi connectivity index (χ1v) is 12.3. The monoisotopic (exact) mass is 471 g/mol. The number of hydrazone groups is 1. The van der Waals surface area contributed by atoms with E-state index in [4.69, 9.17) is 0 Å². The van der Waals surface area contributed by atoms with Crippen LogP contribution in [0.15, 0.2) is 53.1 Å². The first-order chi connectivity index (χ1) is 17.1. The molecule has 35 heavy (non-hydrogen) atoms. The molecule has 1 aliphatic carbocycles. The maximum Gasteiger partial charge on any atom is 0.335 e. The molecule has 1 aromatic heterocycles. The number of aromatic nitrogens is 1. The number of β-amino-alcohol motifs (C(OH)–C–C–N with tert-alkyl or cyclic N) is 1. The molecule has 3 aromatic rings. The summed E-state index contributed by atoms with van der Waals surface area (Å²) in [5.74, 6) is 0.227. The summed E-state index contributed by atoms with van der Waals surface area (Å²) < 4.78 is 2.28. The number of nitrogens with zero attached hydrogens (tertiary/aromatic N) is 3. The third kappa shape index (κ3) is 3.79. The number of aliphatic hydroxyl groups is 1. The van der Waals surface area contributed by atoms with Crippen molar-refractivity contribution in [1.29, 1.82) is 0 Å². The Kier molecular flexibility index (Phi) is 5.54. The van der Waals surface area contributed by atoms with Crippen molar-refractivity contribution < 1.29 is 15.0 Å². The lowest BCUT2D eigenvalue weighted by molar-refractivity contribution is 0.0697. The summed E-state index contributed by atoms with van der Waals surface area (Å²) in [6.45, 7) is 0.943. The maximum absolute atomic E-state index is 11.9. The van der Waals surface area contributed by atoms with E-state index in [1.165, 1.54) is 30.5 Å². The van der Waals surface area contributed by atoms with E-state index in [0.29, 0.717) is 30.4 Å². The SMILES string of the molecule is O=C(O)c1ccc2c(C3CCCCC3)c3n(c2c1)CC(C1=NNN(CCO)N1)=Cc1ccccc1-3. The molecule has 0 saturated heterocycles. The lowest BCUT2D eigenvalue weighted by Crippen LogP contribution is -2.43. The topological polar surface area (TPSA) is 102 Å². The van der Waals surface area contributed by atoms with Crippen molar-refractivity contribution in [2.75, 3.05) is 13.2 Å². The van der Waals surface area contributed by atoms with Gasteiger partial charge in [-0.25, -0.2) is 10.3 Å². The highest BCUT2D eigenvalue weighted by Crippen LogP contribution is 2.46. The first kappa shape index (κ1) is 21.9. The van der Waals surface area contributed by atoms with Gasteiger partial charge in [-0.2, -0.15) is 0 Å². The minimum Gasteiger partial charge on any atom is -0.478 e. The van der Waals surface area contributed by atoms with Gasteiger partial charge < -0.3 is 14.8 Å². The average Bonchev–Trinajstić information content (AvgIpc) is 3.42. The normalized spacial score (nSPS) is 18.2. The lowest BCUT2D eigenvalue weighted by Gasteiger charge is -2.24. The summed E-state index contributed by atoms with van der Waals surface area (Å²) >= 11 is 0. The summed E-state index contributed by atoms with van der Waals surface area (Å²) in [7, 11) is 0. The Morgan fingerprint density at radius 2 is 1.94 bits per heavy atom. The van der Waals surface area contributed by atoms with Crippen molar-refractivity contribution in [1.82, 2.24) is 20.6 Å². The Morgan fingerprint density at radius 3 is 2.74 bits per heavy atom. The number of nitrogens with one attached hydrogen (secondary N) is 2. The Balaban J connectivity index is 1.57. The van der Waals surface area contributed by atoms with Crippen LogP contribution in [0.4, 0.5) is 0 Å². The Labute approximate surface area is 203 Å². The van der Waals surface area contributed by atoms with E-state index in [9.17, 15) is 15.0 Å². The number of hydrazine groups is 2. The van der Waals surface area contributed by atoms with E-state index < -0.39 is 5.97 Å². The zero-order chi connectivity index (χ0) is 23.9. The van der Waals surface area contributed by atoms with E-state index >= 15 is 0 Å². The second kappa shape index (κ2) is 8.87. The summed E-state index contributed by atoms with van der Waals surface area (Å²) in [5, 5.41) is 26.3. The van der Waals surface area contributed by atoms with E-state index in [0.717, 1.165) is 40.4 Å². The quantitative estimate of drug-likeness (QED) is 0.447. The molecule has 0 amide bonds. The largest absolute Gasteiger partial charge is 0.478 e. The Bertz CT molecular complexity index is 1370. The molecule has 4 N–H and O–H groups in total. The van der Waals surface area contributed by atoms with Gasteiger partial charge in [-0.1, -0.05) is 49.6 Å². The van der Waals surface area contributed by atoms with Crippen molar-refractivity contribution in [3.8, 4) is 11.3 Å². The van der Waals surface area contributed by atoms with Crippen LogP contribution >= 0.6 is 0 Å². The van der Waals surface area contributed by atoms with Crippen LogP contribution in [0.3, 0.4) is 0 Å². The molecule has 0 spiro atoms. The Morgan fingerprint density at radius 1 is 1.11 bits per heavy atom. The van der Waals surface area contributed by atoms with Gasteiger partial charge in [0.25, 0.3) is 0 Å². The number of carboxylic acid groups (broad SMARTS) is 1. The van der Waals surface area contributed by atoms with Crippen LogP contribution in [0.5, 0.6) is 0 Å². The molecule has 180 valence electrons. The van der Waals surface area contributed by atoms with Crippen LogP contribution in [-0.4, -0.2) is 44.9 Å². The van der Waals surface area contributed by atoms with Gasteiger partial charge in [0.05, 0.1) is 31.0 Å². The standard InChI is InChI=1S/C27H29N5O3/c33-13-12-32-29-26(28-30-32)20-14-18-8-4-5-9-21(18)25-24(17-6-2-1-3-7-17)22-11-10-19(27(34)35)15-23(22)31(25)16-20/h4-5,8-11,14-15,17,30,33H,1-3,6-7,12-13,16H2,(H,28,29)(H,34,35). The molecule has 8 nitrogen and oxygen atoms in total. The van der Waals surface area contributed by atoms with Gasteiger partial charge in [0.15, 0.2) is 5.84 Å². The van der Waals surface area contributed by atoms with Crippen LogP contribution in [0.1, 0.15) is 59.5 Å². The molecule has 8 heteroatoms. The fourth-order valence-corrected chi connectivity index (χ4v) is 5.79. The number of carboxylic acids is 1. The number of aromatic carboxylic acids is 1. The number of hydrogen-bond acceptors (Lipinski definition) is 6. The van der Waals surface area contributed by atoms with Gasteiger partial charge in [0.2, 0.25) is 0 Å². The molecule has 2 aromatic carbocycles. The predicted octanol–water partition coefficient (Wildman–Crippen LogP) is 4.08. The molecule has 1 saturated carbocycles. The second-order valence-corrected chi connectivity index (χ2v) is 9.52. The minimum atomic E-state index is -0.919. The van der Waals surface area contributed by atoms with E-state index in [1.807, 2.05) is 18.2 Å². The van der Waals surface area contributed by atoms with Crippen LogP contribution < -0.4 is 11.0 Å². The van der Waals surface area contributed by atoms with Gasteiger partial charge in [-0.15, -0.1) is 10.2 Å². The third-order valence-electron chi connectivity index (χ3n) is 7.39. The van der Waals surface area contributed by atoms with Crippen molar-refractivity contribution in [3.05, 3.63) is 64.7 Å². The number of rotatable bonds is 5. The highest BCUT2D eigenvalue weighted by molar-refractivity contribution is 6.05. The van der Waals surface area contributed by atoms with Crippen LogP contribution in [0.25, 0.3) is 28.2 Å². The zero-order valence-corrected chi connectivity index (χ0v) is 19.5. The summed E-state index contributed by atoms with van der Waals surface area (Å²) in [6, 6.07) is 14.0. The minimum absolute atomic E-state index is 0.000217. The number of benzene rings is 2. The number of carbonyl (C=O) groups is 1. The van der Waals surface area contributed by atoms with Crippen LogP contribution in [0.2, 0.25) is 0 Å².